The largest absolute Gasteiger partial charge is 0.481 e. The molecule has 0 aliphatic carbocycles. The van der Waals surface area contributed by atoms with Gasteiger partial charge in [0.05, 0.1) is 12.7 Å². The number of rotatable bonds is 4. The average Bonchev–Trinajstić information content (AvgIpc) is 2.25. The molecule has 0 saturated carbocycles. The molecule has 0 heterocycles. The third-order valence-corrected chi connectivity index (χ3v) is 2.14. The Hall–Kier alpha value is -2.04. The van der Waals surface area contributed by atoms with Crippen LogP contribution in [-0.2, 0) is 16.0 Å². The van der Waals surface area contributed by atoms with Crippen LogP contribution in [0.2, 0.25) is 0 Å². The van der Waals surface area contributed by atoms with Crippen LogP contribution >= 0.6 is 0 Å². The summed E-state index contributed by atoms with van der Waals surface area (Å²) < 4.78 is 4.60. The Bertz CT molecular complexity index is 414. The molecule has 0 amide bonds. The van der Waals surface area contributed by atoms with Crippen molar-refractivity contribution in [2.24, 2.45) is 0 Å². The summed E-state index contributed by atoms with van der Waals surface area (Å²) >= 11 is 0. The summed E-state index contributed by atoms with van der Waals surface area (Å²) in [6.45, 7) is 0. The minimum Gasteiger partial charge on any atom is -0.481 e. The number of ether oxygens (including phenoxy) is 1. The van der Waals surface area contributed by atoms with Gasteiger partial charge in [-0.3, -0.25) is 4.79 Å². The molecule has 1 aromatic rings. The average molecular weight is 223 g/mol. The number of benzene rings is 1. The first-order chi connectivity index (χ1) is 7.54. The van der Waals surface area contributed by atoms with Gasteiger partial charge in [0, 0.05) is 12.1 Å². The second-order valence-corrected chi connectivity index (χ2v) is 3.30. The maximum atomic E-state index is 11.4. The predicted molar refractivity (Wildman–Crippen MR) is 58.2 cm³/mol. The molecule has 1 rings (SSSR count). The minimum absolute atomic E-state index is 0.0482. The molecule has 0 saturated heterocycles. The molecule has 0 aliphatic heterocycles. The second kappa shape index (κ2) is 5.16. The highest BCUT2D eigenvalue weighted by Crippen LogP contribution is 2.16. The number of carbonyl (C=O) groups excluding carboxylic acids is 1. The number of methoxy groups -OCH3 is 1. The Morgan fingerprint density at radius 1 is 1.44 bits per heavy atom. The van der Waals surface area contributed by atoms with Gasteiger partial charge in [0.2, 0.25) is 0 Å². The van der Waals surface area contributed by atoms with Gasteiger partial charge < -0.3 is 15.6 Å². The maximum absolute atomic E-state index is 11.4. The van der Waals surface area contributed by atoms with Gasteiger partial charge in [-0.15, -0.1) is 0 Å². The summed E-state index contributed by atoms with van der Waals surface area (Å²) in [5.41, 5.74) is 7.02. The molecular weight excluding hydrogens is 210 g/mol. The van der Waals surface area contributed by atoms with Gasteiger partial charge >= 0.3 is 11.9 Å². The van der Waals surface area contributed by atoms with E-state index < -0.39 is 11.9 Å². The Labute approximate surface area is 92.8 Å². The number of aryl methyl sites for hydroxylation is 1. The summed E-state index contributed by atoms with van der Waals surface area (Å²) in [5, 5.41) is 8.58. The van der Waals surface area contributed by atoms with Crippen molar-refractivity contribution >= 4 is 17.6 Å². The first-order valence-electron chi connectivity index (χ1n) is 4.73. The van der Waals surface area contributed by atoms with E-state index >= 15 is 0 Å². The third-order valence-electron chi connectivity index (χ3n) is 2.14. The molecule has 0 bridgehead atoms. The molecule has 0 fully saturated rings. The summed E-state index contributed by atoms with van der Waals surface area (Å²) in [6, 6.07) is 4.71. The van der Waals surface area contributed by atoms with E-state index in [1.807, 2.05) is 0 Å². The van der Waals surface area contributed by atoms with Crippen molar-refractivity contribution in [3.8, 4) is 0 Å². The highest BCUT2D eigenvalue weighted by atomic mass is 16.5. The van der Waals surface area contributed by atoms with Gasteiger partial charge in [0.1, 0.15) is 0 Å². The Morgan fingerprint density at radius 2 is 2.12 bits per heavy atom. The molecule has 0 radical (unpaired) electrons. The van der Waals surface area contributed by atoms with Crippen LogP contribution in [0.25, 0.3) is 0 Å². The number of carboxylic acids is 1. The Kier molecular flexibility index (Phi) is 3.88. The van der Waals surface area contributed by atoms with Crippen LogP contribution in [0.1, 0.15) is 22.3 Å². The monoisotopic (exact) mass is 223 g/mol. The summed E-state index contributed by atoms with van der Waals surface area (Å²) in [5.74, 6) is -1.40. The fourth-order valence-corrected chi connectivity index (χ4v) is 1.37. The smallest absolute Gasteiger partial charge is 0.338 e. The quantitative estimate of drug-likeness (QED) is 0.588. The lowest BCUT2D eigenvalue weighted by Crippen LogP contribution is -2.08. The highest BCUT2D eigenvalue weighted by Gasteiger charge is 2.12. The molecule has 0 atom stereocenters. The maximum Gasteiger partial charge on any atom is 0.338 e. The fourth-order valence-electron chi connectivity index (χ4n) is 1.37. The van der Waals surface area contributed by atoms with Crippen molar-refractivity contribution < 1.29 is 19.4 Å². The molecule has 0 spiro atoms. The summed E-state index contributed by atoms with van der Waals surface area (Å²) in [4.78, 5) is 21.8. The third kappa shape index (κ3) is 2.98. The van der Waals surface area contributed by atoms with Gasteiger partial charge in [-0.1, -0.05) is 0 Å². The second-order valence-electron chi connectivity index (χ2n) is 3.30. The number of carbonyl (C=O) groups is 2. The van der Waals surface area contributed by atoms with Gasteiger partial charge in [-0.2, -0.15) is 0 Å². The highest BCUT2D eigenvalue weighted by molar-refractivity contribution is 5.91. The molecule has 86 valence electrons. The lowest BCUT2D eigenvalue weighted by molar-refractivity contribution is -0.136. The summed E-state index contributed by atoms with van der Waals surface area (Å²) in [7, 11) is 1.28. The molecule has 0 unspecified atom stereocenters. The Morgan fingerprint density at radius 3 is 2.69 bits per heavy atom. The van der Waals surface area contributed by atoms with Gasteiger partial charge in [-0.05, 0) is 30.2 Å². The number of nitrogen functional groups attached to an aromatic ring is 1. The van der Waals surface area contributed by atoms with E-state index in [1.54, 1.807) is 18.2 Å². The van der Waals surface area contributed by atoms with E-state index in [0.717, 1.165) is 0 Å². The Balaban J connectivity index is 2.98. The van der Waals surface area contributed by atoms with Crippen LogP contribution in [0.4, 0.5) is 5.69 Å². The first kappa shape index (κ1) is 12.0. The van der Waals surface area contributed by atoms with Gasteiger partial charge in [0.15, 0.2) is 0 Å². The van der Waals surface area contributed by atoms with E-state index in [0.29, 0.717) is 16.8 Å². The molecule has 0 aromatic heterocycles. The number of carboxylic acid groups (broad SMARTS) is 1. The van der Waals surface area contributed by atoms with E-state index in [-0.39, 0.29) is 12.8 Å². The molecular formula is C11H13NO4. The van der Waals surface area contributed by atoms with E-state index in [4.69, 9.17) is 10.8 Å². The van der Waals surface area contributed by atoms with Crippen LogP contribution in [0, 0.1) is 0 Å². The lowest BCUT2D eigenvalue weighted by Gasteiger charge is -2.07. The predicted octanol–water partition coefficient (Wildman–Crippen LogP) is 1.07. The van der Waals surface area contributed by atoms with Gasteiger partial charge in [0.25, 0.3) is 0 Å². The van der Waals surface area contributed by atoms with E-state index in [9.17, 15) is 9.59 Å². The normalized spacial score (nSPS) is 9.81. The van der Waals surface area contributed by atoms with Crippen molar-refractivity contribution in [3.63, 3.8) is 0 Å². The zero-order valence-electron chi connectivity index (χ0n) is 8.90. The number of hydrogen-bond acceptors (Lipinski definition) is 4. The topological polar surface area (TPSA) is 89.6 Å². The number of anilines is 1. The number of nitrogens with two attached hydrogens (primary N) is 1. The number of aliphatic carboxylic acids is 1. The van der Waals surface area contributed by atoms with Crippen LogP contribution in [0.5, 0.6) is 0 Å². The zero-order valence-corrected chi connectivity index (χ0v) is 8.90. The van der Waals surface area contributed by atoms with Crippen molar-refractivity contribution in [1.82, 2.24) is 0 Å². The number of hydrogen-bond donors (Lipinski definition) is 2. The molecule has 1 aromatic carbocycles. The standard InChI is InChI=1S/C11H13NO4/c1-16-11(15)9-4-3-8(12)6-7(9)2-5-10(13)14/h3-4,6H,2,5,12H2,1H3,(H,13,14). The molecule has 5 heteroatoms. The van der Waals surface area contributed by atoms with Crippen molar-refractivity contribution in [3.05, 3.63) is 29.3 Å². The number of esters is 1. The van der Waals surface area contributed by atoms with E-state index in [1.165, 1.54) is 7.11 Å². The van der Waals surface area contributed by atoms with Crippen molar-refractivity contribution in [2.75, 3.05) is 12.8 Å². The van der Waals surface area contributed by atoms with Crippen molar-refractivity contribution in [1.29, 1.82) is 0 Å². The molecule has 16 heavy (non-hydrogen) atoms. The lowest BCUT2D eigenvalue weighted by atomic mass is 10.0. The van der Waals surface area contributed by atoms with Crippen LogP contribution in [0.15, 0.2) is 18.2 Å². The van der Waals surface area contributed by atoms with Gasteiger partial charge in [-0.25, -0.2) is 4.79 Å². The molecule has 3 N–H and O–H groups in total. The van der Waals surface area contributed by atoms with Crippen LogP contribution in [-0.4, -0.2) is 24.2 Å². The van der Waals surface area contributed by atoms with E-state index in [2.05, 4.69) is 4.74 Å². The summed E-state index contributed by atoms with van der Waals surface area (Å²) in [6.07, 6.45) is 0.207. The molecule has 0 aliphatic rings. The van der Waals surface area contributed by atoms with Crippen molar-refractivity contribution in [2.45, 2.75) is 12.8 Å². The SMILES string of the molecule is COC(=O)c1ccc(N)cc1CCC(=O)O. The van der Waals surface area contributed by atoms with Crippen LogP contribution < -0.4 is 5.73 Å². The molecule has 5 nitrogen and oxygen atoms in total. The zero-order chi connectivity index (χ0) is 12.1. The van der Waals surface area contributed by atoms with Crippen LogP contribution in [0.3, 0.4) is 0 Å². The minimum atomic E-state index is -0.918. The fraction of sp³-hybridized carbons (Fsp3) is 0.273. The first-order valence-corrected chi connectivity index (χ1v) is 4.73.